The van der Waals surface area contributed by atoms with Gasteiger partial charge in [-0.3, -0.25) is 9.00 Å². The van der Waals surface area contributed by atoms with Crippen LogP contribution in [0.25, 0.3) is 0 Å². The number of hydrogen-bond donors (Lipinski definition) is 1. The lowest BCUT2D eigenvalue weighted by molar-refractivity contribution is -0.125. The van der Waals surface area contributed by atoms with E-state index in [-0.39, 0.29) is 15.9 Å². The summed E-state index contributed by atoms with van der Waals surface area (Å²) < 4.78 is 12.6. The summed E-state index contributed by atoms with van der Waals surface area (Å²) in [6, 6.07) is 0. The minimum atomic E-state index is -0.994. The van der Waals surface area contributed by atoms with E-state index in [4.69, 9.17) is 0 Å². The summed E-state index contributed by atoms with van der Waals surface area (Å²) in [6.07, 6.45) is 8.37. The van der Waals surface area contributed by atoms with Gasteiger partial charge in [-0.2, -0.15) is 11.8 Å². The fourth-order valence-electron chi connectivity index (χ4n) is 3.30. The molecule has 3 nitrogen and oxygen atoms in total. The van der Waals surface area contributed by atoms with E-state index in [2.05, 4.69) is 26.1 Å². The molecule has 0 bridgehead atoms. The molecule has 0 aromatic carbocycles. The highest BCUT2D eigenvalue weighted by atomic mass is 32.2. The van der Waals surface area contributed by atoms with Crippen molar-refractivity contribution in [2.45, 2.75) is 86.9 Å². The maximum atomic E-state index is 13.0. The first kappa shape index (κ1) is 18.3. The minimum Gasteiger partial charge on any atom is -0.354 e. The monoisotopic (exact) mass is 345 g/mol. The molecule has 1 amide bonds. The van der Waals surface area contributed by atoms with E-state index < -0.39 is 15.5 Å². The quantitative estimate of drug-likeness (QED) is 0.748. The summed E-state index contributed by atoms with van der Waals surface area (Å²) in [6.45, 7) is 7.24. The molecule has 0 spiro atoms. The average molecular weight is 346 g/mol. The topological polar surface area (TPSA) is 46.2 Å². The molecule has 0 aliphatic heterocycles. The van der Waals surface area contributed by atoms with E-state index in [1.807, 2.05) is 11.8 Å². The summed E-state index contributed by atoms with van der Waals surface area (Å²) in [7, 11) is -0.994. The molecule has 1 atom stereocenters. The van der Waals surface area contributed by atoms with Crippen molar-refractivity contribution in [2.24, 2.45) is 0 Å². The Labute approximate surface area is 142 Å². The Morgan fingerprint density at radius 3 is 2.32 bits per heavy atom. The van der Waals surface area contributed by atoms with E-state index in [0.29, 0.717) is 6.54 Å². The molecule has 2 aliphatic carbocycles. The molecule has 1 N–H and O–H groups in total. The zero-order chi connectivity index (χ0) is 16.2. The zero-order valence-corrected chi connectivity index (χ0v) is 15.9. The fourth-order valence-corrected chi connectivity index (χ4v) is 6.46. The van der Waals surface area contributed by atoms with Crippen LogP contribution < -0.4 is 5.32 Å². The van der Waals surface area contributed by atoms with Gasteiger partial charge in [-0.25, -0.2) is 0 Å². The predicted molar refractivity (Wildman–Crippen MR) is 96.8 cm³/mol. The van der Waals surface area contributed by atoms with Gasteiger partial charge >= 0.3 is 0 Å². The Morgan fingerprint density at radius 2 is 1.82 bits per heavy atom. The maximum Gasteiger partial charge on any atom is 0.238 e. The third-order valence-electron chi connectivity index (χ3n) is 4.74. The highest BCUT2D eigenvalue weighted by Crippen LogP contribution is 2.42. The van der Waals surface area contributed by atoms with E-state index in [0.717, 1.165) is 37.9 Å². The summed E-state index contributed by atoms with van der Waals surface area (Å²) >= 11 is 1.86. The zero-order valence-electron chi connectivity index (χ0n) is 14.3. The largest absolute Gasteiger partial charge is 0.354 e. The summed E-state index contributed by atoms with van der Waals surface area (Å²) in [5.41, 5.74) is 0. The second-order valence-electron chi connectivity index (χ2n) is 7.62. The van der Waals surface area contributed by atoms with Gasteiger partial charge in [0.1, 0.15) is 4.75 Å². The minimum absolute atomic E-state index is 0.0529. The second kappa shape index (κ2) is 7.69. The number of thioether (sulfide) groups is 1. The van der Waals surface area contributed by atoms with Gasteiger partial charge in [-0.15, -0.1) is 0 Å². The van der Waals surface area contributed by atoms with Crippen LogP contribution in [0.5, 0.6) is 0 Å². The molecule has 128 valence electrons. The molecule has 0 aromatic heterocycles. The number of amides is 1. The van der Waals surface area contributed by atoms with Crippen LogP contribution in [0.3, 0.4) is 0 Å². The molecule has 0 radical (unpaired) electrons. The number of rotatable bonds is 6. The van der Waals surface area contributed by atoms with Crippen LogP contribution in [0, 0.1) is 0 Å². The maximum absolute atomic E-state index is 13.0. The molecular formula is C17H31NO2S2. The highest BCUT2D eigenvalue weighted by molar-refractivity contribution is 8.00. The normalized spacial score (nSPS) is 23.6. The molecule has 0 heterocycles. The van der Waals surface area contributed by atoms with Gasteiger partial charge in [-0.1, -0.05) is 40.0 Å². The Kier molecular flexibility index (Phi) is 6.40. The molecule has 2 saturated carbocycles. The smallest absolute Gasteiger partial charge is 0.238 e. The van der Waals surface area contributed by atoms with Gasteiger partial charge in [0.2, 0.25) is 5.91 Å². The predicted octanol–water partition coefficient (Wildman–Crippen LogP) is 3.64. The number of hydrogen-bond acceptors (Lipinski definition) is 3. The first-order valence-electron chi connectivity index (χ1n) is 8.68. The van der Waals surface area contributed by atoms with Gasteiger partial charge in [0, 0.05) is 33.1 Å². The van der Waals surface area contributed by atoms with E-state index in [1.54, 1.807) is 0 Å². The van der Waals surface area contributed by atoms with Crippen molar-refractivity contribution in [3.8, 4) is 0 Å². The SMILES string of the molecule is CC(C)(C)SCCNC(=O)C1(S(=O)C2CCCCC2)CCC1. The van der Waals surface area contributed by atoms with Crippen molar-refractivity contribution in [1.82, 2.24) is 5.32 Å². The molecule has 2 aliphatic rings. The summed E-state index contributed by atoms with van der Waals surface area (Å²) in [4.78, 5) is 12.6. The van der Waals surface area contributed by atoms with Crippen molar-refractivity contribution in [3.05, 3.63) is 0 Å². The fraction of sp³-hybridized carbons (Fsp3) is 0.941. The molecule has 2 fully saturated rings. The molecule has 0 aromatic rings. The van der Waals surface area contributed by atoms with E-state index >= 15 is 0 Å². The van der Waals surface area contributed by atoms with Crippen molar-refractivity contribution >= 4 is 28.5 Å². The molecular weight excluding hydrogens is 314 g/mol. The van der Waals surface area contributed by atoms with Crippen molar-refractivity contribution in [3.63, 3.8) is 0 Å². The van der Waals surface area contributed by atoms with Crippen molar-refractivity contribution in [1.29, 1.82) is 0 Å². The standard InChI is InChI=1S/C17H31NO2S2/c1-16(2,3)21-13-12-18-15(19)17(10-7-11-17)22(20)14-8-5-4-6-9-14/h14H,4-13H2,1-3H3,(H,18,19). The Morgan fingerprint density at radius 1 is 1.18 bits per heavy atom. The molecule has 2 rings (SSSR count). The van der Waals surface area contributed by atoms with Crippen LogP contribution in [0.4, 0.5) is 0 Å². The lowest BCUT2D eigenvalue weighted by Crippen LogP contribution is -2.57. The molecule has 5 heteroatoms. The Hall–Kier alpha value is -0.0300. The van der Waals surface area contributed by atoms with Crippen LogP contribution in [0.15, 0.2) is 0 Å². The number of carbonyl (C=O) groups is 1. The lowest BCUT2D eigenvalue weighted by Gasteiger charge is -2.42. The van der Waals surface area contributed by atoms with Gasteiger partial charge in [0.25, 0.3) is 0 Å². The van der Waals surface area contributed by atoms with Gasteiger partial charge in [0.15, 0.2) is 0 Å². The number of carbonyl (C=O) groups excluding carboxylic acids is 1. The van der Waals surface area contributed by atoms with Crippen LogP contribution in [-0.2, 0) is 15.6 Å². The highest BCUT2D eigenvalue weighted by Gasteiger charge is 2.51. The summed E-state index contributed by atoms with van der Waals surface area (Å²) in [5.74, 6) is 0.971. The van der Waals surface area contributed by atoms with Crippen LogP contribution in [0.1, 0.15) is 72.1 Å². The molecule has 22 heavy (non-hydrogen) atoms. The first-order chi connectivity index (χ1) is 10.4. The third-order valence-corrected chi connectivity index (χ3v) is 8.45. The first-order valence-corrected chi connectivity index (χ1v) is 10.9. The van der Waals surface area contributed by atoms with E-state index in [1.165, 1.54) is 19.3 Å². The van der Waals surface area contributed by atoms with Gasteiger partial charge in [0.05, 0.1) is 0 Å². The molecule has 0 saturated heterocycles. The Bertz CT molecular complexity index is 407. The average Bonchev–Trinajstić information content (AvgIpc) is 2.42. The Balaban J connectivity index is 1.86. The van der Waals surface area contributed by atoms with Gasteiger partial charge in [-0.05, 0) is 32.1 Å². The summed E-state index contributed by atoms with van der Waals surface area (Å²) in [5, 5.41) is 3.32. The van der Waals surface area contributed by atoms with Gasteiger partial charge < -0.3 is 5.32 Å². The van der Waals surface area contributed by atoms with Crippen LogP contribution in [-0.4, -0.2) is 37.2 Å². The lowest BCUT2D eigenvalue weighted by atomic mass is 9.83. The van der Waals surface area contributed by atoms with Crippen LogP contribution >= 0.6 is 11.8 Å². The second-order valence-corrected chi connectivity index (χ2v) is 11.6. The third kappa shape index (κ3) is 4.50. The molecule has 1 unspecified atom stereocenters. The van der Waals surface area contributed by atoms with Crippen molar-refractivity contribution in [2.75, 3.05) is 12.3 Å². The number of nitrogens with one attached hydrogen (secondary N) is 1. The van der Waals surface area contributed by atoms with E-state index in [9.17, 15) is 9.00 Å². The van der Waals surface area contributed by atoms with Crippen molar-refractivity contribution < 1.29 is 9.00 Å². The van der Waals surface area contributed by atoms with Crippen LogP contribution in [0.2, 0.25) is 0 Å².